The quantitative estimate of drug-likeness (QED) is 0.436. The SMILES string of the molecule is C[C@H]1C[C@@](O)(c2ccc(C(F)(F)F)cc2)C[C@@H](COc2cc(C(F)(F)F)c3c(c2)ncn3C2CS(=O)(=O)C2)N1. The van der Waals surface area contributed by atoms with Gasteiger partial charge in [-0.25, -0.2) is 13.4 Å². The summed E-state index contributed by atoms with van der Waals surface area (Å²) in [6.07, 6.45) is -7.81. The van der Waals surface area contributed by atoms with Crippen LogP contribution in [0.25, 0.3) is 11.0 Å². The van der Waals surface area contributed by atoms with Gasteiger partial charge in [-0.05, 0) is 43.5 Å². The van der Waals surface area contributed by atoms with Crippen molar-refractivity contribution in [3.63, 3.8) is 0 Å². The fourth-order valence-corrected chi connectivity index (χ4v) is 6.84. The zero-order valence-corrected chi connectivity index (χ0v) is 21.4. The Morgan fingerprint density at radius 3 is 2.33 bits per heavy atom. The maximum Gasteiger partial charge on any atom is 0.418 e. The minimum atomic E-state index is -4.77. The highest BCUT2D eigenvalue weighted by Crippen LogP contribution is 2.41. The number of rotatable bonds is 5. The Labute approximate surface area is 219 Å². The molecular weight excluding hydrogens is 552 g/mol. The van der Waals surface area contributed by atoms with Crippen LogP contribution in [0, 0.1) is 0 Å². The number of piperidine rings is 1. The molecule has 0 radical (unpaired) electrons. The Morgan fingerprint density at radius 2 is 1.74 bits per heavy atom. The van der Waals surface area contributed by atoms with E-state index in [0.29, 0.717) is 5.56 Å². The first-order chi connectivity index (χ1) is 18.0. The molecule has 212 valence electrons. The molecule has 2 N–H and O–H groups in total. The number of nitrogens with one attached hydrogen (secondary N) is 1. The third-order valence-electron chi connectivity index (χ3n) is 7.18. The van der Waals surface area contributed by atoms with E-state index in [1.807, 2.05) is 0 Å². The summed E-state index contributed by atoms with van der Waals surface area (Å²) in [7, 11) is -3.28. The second kappa shape index (κ2) is 9.37. The largest absolute Gasteiger partial charge is 0.492 e. The van der Waals surface area contributed by atoms with Crippen molar-refractivity contribution in [2.75, 3.05) is 18.1 Å². The highest BCUT2D eigenvalue weighted by atomic mass is 32.2. The number of sulfone groups is 1. The number of halogens is 6. The molecule has 0 aliphatic carbocycles. The molecule has 3 aromatic rings. The molecule has 1 aromatic heterocycles. The maximum atomic E-state index is 14.0. The zero-order chi connectivity index (χ0) is 28.4. The fourth-order valence-electron chi connectivity index (χ4n) is 5.45. The standard InChI is InChI=1S/C25H25F6N3O4S/c1-14-8-23(35,15-2-4-16(5-3-15)24(26,27)28)9-17(33-14)10-38-19-6-20(25(29,30)31)22-21(7-19)32-13-34(22)18-11-39(36,37)12-18/h2-7,13-14,17-18,33,35H,8-12H2,1H3/t14-,17-,23-/m0/s1. The number of aliphatic hydroxyl groups is 1. The lowest BCUT2D eigenvalue weighted by Crippen LogP contribution is -2.53. The van der Waals surface area contributed by atoms with Gasteiger partial charge in [0, 0.05) is 18.2 Å². The van der Waals surface area contributed by atoms with Gasteiger partial charge in [-0.1, -0.05) is 12.1 Å². The highest BCUT2D eigenvalue weighted by molar-refractivity contribution is 7.92. The van der Waals surface area contributed by atoms with E-state index >= 15 is 0 Å². The molecule has 3 heterocycles. The van der Waals surface area contributed by atoms with Crippen LogP contribution in [-0.4, -0.2) is 53.3 Å². The predicted molar refractivity (Wildman–Crippen MR) is 129 cm³/mol. The van der Waals surface area contributed by atoms with Crippen molar-refractivity contribution in [2.45, 2.75) is 55.8 Å². The summed E-state index contributed by atoms with van der Waals surface area (Å²) in [5.41, 5.74) is -3.24. The number of aromatic nitrogens is 2. The number of ether oxygens (including phenoxy) is 1. The van der Waals surface area contributed by atoms with E-state index in [1.165, 1.54) is 29.1 Å². The molecule has 2 saturated heterocycles. The van der Waals surface area contributed by atoms with Gasteiger partial charge >= 0.3 is 12.4 Å². The van der Waals surface area contributed by atoms with E-state index in [9.17, 15) is 39.9 Å². The molecule has 0 unspecified atom stereocenters. The minimum absolute atomic E-state index is 0.00430. The van der Waals surface area contributed by atoms with Crippen LogP contribution >= 0.6 is 0 Å². The molecule has 0 bridgehead atoms. The van der Waals surface area contributed by atoms with Crippen LogP contribution in [0.4, 0.5) is 26.3 Å². The van der Waals surface area contributed by atoms with Gasteiger partial charge in [-0.2, -0.15) is 26.3 Å². The average molecular weight is 578 g/mol. The Balaban J connectivity index is 1.36. The number of nitrogens with zero attached hydrogens (tertiary/aromatic N) is 2. The van der Waals surface area contributed by atoms with Gasteiger partial charge in [0.1, 0.15) is 12.4 Å². The summed E-state index contributed by atoms with van der Waals surface area (Å²) in [4.78, 5) is 4.05. The summed E-state index contributed by atoms with van der Waals surface area (Å²) in [5, 5.41) is 14.5. The lowest BCUT2D eigenvalue weighted by Gasteiger charge is -2.41. The fraction of sp³-hybridized carbons (Fsp3) is 0.480. The molecule has 7 nitrogen and oxygen atoms in total. The van der Waals surface area contributed by atoms with Crippen LogP contribution in [0.2, 0.25) is 0 Å². The molecule has 14 heteroatoms. The normalized spacial score (nSPS) is 25.9. The van der Waals surface area contributed by atoms with E-state index in [-0.39, 0.29) is 53.8 Å². The summed E-state index contributed by atoms with van der Waals surface area (Å²) in [5.74, 6) is -0.637. The Hall–Kier alpha value is -2.84. The van der Waals surface area contributed by atoms with Crippen molar-refractivity contribution in [3.8, 4) is 5.75 Å². The van der Waals surface area contributed by atoms with Crippen molar-refractivity contribution in [1.29, 1.82) is 0 Å². The zero-order valence-electron chi connectivity index (χ0n) is 20.6. The van der Waals surface area contributed by atoms with Gasteiger partial charge in [-0.3, -0.25) is 0 Å². The van der Waals surface area contributed by atoms with Crippen molar-refractivity contribution < 1.29 is 44.6 Å². The Kier molecular flexibility index (Phi) is 6.66. The van der Waals surface area contributed by atoms with Crippen LogP contribution in [0.1, 0.15) is 42.5 Å². The van der Waals surface area contributed by atoms with E-state index in [1.54, 1.807) is 6.92 Å². The molecule has 39 heavy (non-hydrogen) atoms. The number of fused-ring (bicyclic) bond motifs is 1. The van der Waals surface area contributed by atoms with Crippen LogP contribution in [0.5, 0.6) is 5.75 Å². The van der Waals surface area contributed by atoms with Gasteiger partial charge in [0.25, 0.3) is 0 Å². The van der Waals surface area contributed by atoms with Crippen molar-refractivity contribution in [2.24, 2.45) is 0 Å². The van der Waals surface area contributed by atoms with Crippen molar-refractivity contribution >= 4 is 20.9 Å². The van der Waals surface area contributed by atoms with Crippen LogP contribution in [0.3, 0.4) is 0 Å². The van der Waals surface area contributed by atoms with E-state index < -0.39 is 51.0 Å². The molecular formula is C25H25F6N3O4S. The molecule has 2 fully saturated rings. The van der Waals surface area contributed by atoms with Crippen LogP contribution < -0.4 is 10.1 Å². The summed E-state index contributed by atoms with van der Waals surface area (Å²) in [6, 6.07) is 5.01. The number of hydrogen-bond donors (Lipinski definition) is 2. The molecule has 3 atom stereocenters. The predicted octanol–water partition coefficient (Wildman–Crippen LogP) is 4.45. The number of hydrogen-bond acceptors (Lipinski definition) is 6. The lowest BCUT2D eigenvalue weighted by molar-refractivity contribution is -0.138. The number of alkyl halides is 6. The molecule has 2 aromatic carbocycles. The summed E-state index contributed by atoms with van der Waals surface area (Å²) < 4.78 is 111. The number of imidazole rings is 1. The summed E-state index contributed by atoms with van der Waals surface area (Å²) >= 11 is 0. The minimum Gasteiger partial charge on any atom is -0.492 e. The molecule has 0 amide bonds. The molecule has 0 saturated carbocycles. The molecule has 5 rings (SSSR count). The third-order valence-corrected chi connectivity index (χ3v) is 8.97. The van der Waals surface area contributed by atoms with E-state index in [2.05, 4.69) is 10.3 Å². The second-order valence-electron chi connectivity index (χ2n) is 10.3. The smallest absolute Gasteiger partial charge is 0.418 e. The van der Waals surface area contributed by atoms with Gasteiger partial charge in [0.2, 0.25) is 0 Å². The van der Waals surface area contributed by atoms with Gasteiger partial charge < -0.3 is 19.7 Å². The van der Waals surface area contributed by atoms with Gasteiger partial charge in [-0.15, -0.1) is 0 Å². The third kappa shape index (κ3) is 5.59. The van der Waals surface area contributed by atoms with E-state index in [4.69, 9.17) is 4.74 Å². The first-order valence-electron chi connectivity index (χ1n) is 12.1. The second-order valence-corrected chi connectivity index (χ2v) is 12.5. The van der Waals surface area contributed by atoms with Gasteiger partial charge in [0.15, 0.2) is 9.84 Å². The highest BCUT2D eigenvalue weighted by Gasteiger charge is 2.41. The Morgan fingerprint density at radius 1 is 1.08 bits per heavy atom. The average Bonchev–Trinajstić information content (AvgIpc) is 3.22. The molecule has 0 spiro atoms. The van der Waals surface area contributed by atoms with Crippen LogP contribution in [0.15, 0.2) is 42.7 Å². The first kappa shape index (κ1) is 27.7. The monoisotopic (exact) mass is 577 g/mol. The summed E-state index contributed by atoms with van der Waals surface area (Å²) in [6.45, 7) is 1.65. The van der Waals surface area contributed by atoms with Gasteiger partial charge in [0.05, 0.1) is 51.6 Å². The van der Waals surface area contributed by atoms with E-state index in [0.717, 1.165) is 18.2 Å². The van der Waals surface area contributed by atoms with Crippen LogP contribution in [-0.2, 0) is 27.8 Å². The first-order valence-corrected chi connectivity index (χ1v) is 13.9. The molecule has 2 aliphatic rings. The molecule has 2 aliphatic heterocycles. The van der Waals surface area contributed by atoms with Crippen molar-refractivity contribution in [1.82, 2.24) is 14.9 Å². The Bertz CT molecular complexity index is 1470. The lowest BCUT2D eigenvalue weighted by atomic mass is 9.79. The topological polar surface area (TPSA) is 93.4 Å². The number of benzene rings is 2. The maximum absolute atomic E-state index is 14.0. The van der Waals surface area contributed by atoms with Crippen molar-refractivity contribution in [3.05, 3.63) is 59.4 Å².